The minimum absolute atomic E-state index is 0.827. The third-order valence-electron chi connectivity index (χ3n) is 3.63. The molecule has 1 aromatic carbocycles. The molecule has 1 aromatic heterocycles. The molecule has 0 saturated heterocycles. The van der Waals surface area contributed by atoms with Gasteiger partial charge in [-0.2, -0.15) is 0 Å². The van der Waals surface area contributed by atoms with E-state index in [9.17, 15) is 0 Å². The summed E-state index contributed by atoms with van der Waals surface area (Å²) in [6.45, 7) is 6.30. The van der Waals surface area contributed by atoms with Crippen molar-refractivity contribution in [2.24, 2.45) is 0 Å². The fraction of sp³-hybridized carbons (Fsp3) is 0.471. The van der Waals surface area contributed by atoms with E-state index in [-0.39, 0.29) is 0 Å². The number of rotatable bonds is 7. The fourth-order valence-corrected chi connectivity index (χ4v) is 2.65. The minimum Gasteiger partial charge on any atom is -0.497 e. The van der Waals surface area contributed by atoms with E-state index in [1.165, 1.54) is 11.4 Å². The van der Waals surface area contributed by atoms with Gasteiger partial charge in [-0.25, -0.2) is 9.13 Å². The van der Waals surface area contributed by atoms with Crippen molar-refractivity contribution < 1.29 is 14.0 Å². The number of methoxy groups -OCH3 is 2. The van der Waals surface area contributed by atoms with Gasteiger partial charge in [-0.1, -0.05) is 13.8 Å². The highest BCUT2D eigenvalue weighted by atomic mass is 16.5. The van der Waals surface area contributed by atoms with Crippen molar-refractivity contribution in [2.75, 3.05) is 14.2 Å². The van der Waals surface area contributed by atoms with Crippen LogP contribution in [-0.2, 0) is 19.5 Å². The predicted molar refractivity (Wildman–Crippen MR) is 82.9 cm³/mol. The first kappa shape index (κ1) is 15.4. The summed E-state index contributed by atoms with van der Waals surface area (Å²) in [5.41, 5.74) is 1.18. The van der Waals surface area contributed by atoms with Crippen LogP contribution in [0.15, 0.2) is 30.6 Å². The molecule has 0 atom stereocenters. The molecule has 4 nitrogen and oxygen atoms in total. The van der Waals surface area contributed by atoms with Crippen LogP contribution in [0.1, 0.15) is 31.7 Å². The van der Waals surface area contributed by atoms with Gasteiger partial charge in [-0.15, -0.1) is 0 Å². The van der Waals surface area contributed by atoms with Crippen molar-refractivity contribution in [3.05, 3.63) is 42.0 Å². The molecule has 0 fully saturated rings. The van der Waals surface area contributed by atoms with E-state index in [0.717, 1.165) is 37.4 Å². The highest BCUT2D eigenvalue weighted by Gasteiger charge is 2.15. The molecule has 0 spiro atoms. The van der Waals surface area contributed by atoms with Crippen molar-refractivity contribution in [3.8, 4) is 11.5 Å². The van der Waals surface area contributed by atoms with Gasteiger partial charge in [0.25, 0.3) is 5.82 Å². The SMILES string of the molecule is CCCn1cc[n+](Cc2cc(OC)cc(OC)c2)c1CC. The number of ether oxygens (including phenoxy) is 2. The van der Waals surface area contributed by atoms with Gasteiger partial charge in [0.05, 0.1) is 20.8 Å². The quantitative estimate of drug-likeness (QED) is 0.733. The van der Waals surface area contributed by atoms with Crippen molar-refractivity contribution >= 4 is 0 Å². The smallest absolute Gasteiger partial charge is 0.256 e. The lowest BCUT2D eigenvalue weighted by atomic mass is 10.2. The number of imidazole rings is 1. The molecular weight excluding hydrogens is 264 g/mol. The Kier molecular flexibility index (Phi) is 5.26. The Morgan fingerprint density at radius 1 is 1.05 bits per heavy atom. The Morgan fingerprint density at radius 2 is 1.71 bits per heavy atom. The fourth-order valence-electron chi connectivity index (χ4n) is 2.65. The van der Waals surface area contributed by atoms with Crippen LogP contribution >= 0.6 is 0 Å². The average Bonchev–Trinajstić information content (AvgIpc) is 2.88. The maximum Gasteiger partial charge on any atom is 0.256 e. The molecule has 0 aliphatic heterocycles. The largest absolute Gasteiger partial charge is 0.497 e. The molecule has 0 N–H and O–H groups in total. The van der Waals surface area contributed by atoms with Crippen LogP contribution < -0.4 is 14.0 Å². The van der Waals surface area contributed by atoms with Crippen LogP contribution in [-0.4, -0.2) is 18.8 Å². The maximum absolute atomic E-state index is 5.34. The molecule has 0 aliphatic rings. The number of aromatic nitrogens is 2. The molecule has 1 heterocycles. The molecule has 0 radical (unpaired) electrons. The topological polar surface area (TPSA) is 27.3 Å². The van der Waals surface area contributed by atoms with Crippen LogP contribution in [0.5, 0.6) is 11.5 Å². The first-order valence-electron chi connectivity index (χ1n) is 7.51. The van der Waals surface area contributed by atoms with Crippen LogP contribution in [0.4, 0.5) is 0 Å². The first-order chi connectivity index (χ1) is 10.2. The third kappa shape index (κ3) is 3.57. The second kappa shape index (κ2) is 7.16. The lowest BCUT2D eigenvalue weighted by Crippen LogP contribution is -2.37. The van der Waals surface area contributed by atoms with E-state index >= 15 is 0 Å². The first-order valence-corrected chi connectivity index (χ1v) is 7.51. The molecule has 0 amide bonds. The third-order valence-corrected chi connectivity index (χ3v) is 3.63. The van der Waals surface area contributed by atoms with Crippen molar-refractivity contribution in [2.45, 2.75) is 39.8 Å². The monoisotopic (exact) mass is 289 g/mol. The number of hydrogen-bond donors (Lipinski definition) is 0. The molecule has 4 heteroatoms. The minimum atomic E-state index is 0.827. The second-order valence-electron chi connectivity index (χ2n) is 5.11. The van der Waals surface area contributed by atoms with Gasteiger partial charge in [-0.3, -0.25) is 0 Å². The predicted octanol–water partition coefficient (Wildman–Crippen LogP) is 2.81. The zero-order valence-electron chi connectivity index (χ0n) is 13.4. The summed E-state index contributed by atoms with van der Waals surface area (Å²) in [4.78, 5) is 0. The Labute approximate surface area is 126 Å². The van der Waals surface area contributed by atoms with E-state index in [0.29, 0.717) is 0 Å². The Hall–Kier alpha value is -1.97. The maximum atomic E-state index is 5.34. The van der Waals surface area contributed by atoms with Gasteiger partial charge >= 0.3 is 0 Å². The lowest BCUT2D eigenvalue weighted by molar-refractivity contribution is -0.695. The average molecular weight is 289 g/mol. The Balaban J connectivity index is 2.29. The molecule has 114 valence electrons. The van der Waals surface area contributed by atoms with Crippen molar-refractivity contribution in [1.29, 1.82) is 0 Å². The molecule has 21 heavy (non-hydrogen) atoms. The molecule has 0 aliphatic carbocycles. The van der Waals surface area contributed by atoms with E-state index in [1.807, 2.05) is 6.07 Å². The number of aryl methyl sites for hydroxylation is 1. The summed E-state index contributed by atoms with van der Waals surface area (Å²) < 4.78 is 15.3. The van der Waals surface area contributed by atoms with Crippen molar-refractivity contribution in [3.63, 3.8) is 0 Å². The van der Waals surface area contributed by atoms with Crippen LogP contribution in [0.3, 0.4) is 0 Å². The summed E-state index contributed by atoms with van der Waals surface area (Å²) in [7, 11) is 3.36. The summed E-state index contributed by atoms with van der Waals surface area (Å²) in [5.74, 6) is 3.01. The van der Waals surface area contributed by atoms with Crippen LogP contribution in [0.2, 0.25) is 0 Å². The normalized spacial score (nSPS) is 10.7. The van der Waals surface area contributed by atoms with Gasteiger partial charge in [0.1, 0.15) is 30.4 Å². The van der Waals surface area contributed by atoms with Gasteiger partial charge in [0.2, 0.25) is 0 Å². The van der Waals surface area contributed by atoms with E-state index in [1.54, 1.807) is 14.2 Å². The molecule has 0 bridgehead atoms. The van der Waals surface area contributed by atoms with E-state index < -0.39 is 0 Å². The van der Waals surface area contributed by atoms with Gasteiger partial charge < -0.3 is 9.47 Å². The number of hydrogen-bond acceptors (Lipinski definition) is 2. The summed E-state index contributed by atoms with van der Waals surface area (Å²) >= 11 is 0. The standard InChI is InChI=1S/C17H25N2O2/c1-5-7-18-8-9-19(17(18)6-2)13-14-10-15(20-3)12-16(11-14)21-4/h8-12H,5-7,13H2,1-4H3/q+1. The molecule has 0 saturated carbocycles. The zero-order valence-corrected chi connectivity index (χ0v) is 13.4. The summed E-state index contributed by atoms with van der Waals surface area (Å²) in [6, 6.07) is 6.02. The highest BCUT2D eigenvalue weighted by molar-refractivity contribution is 5.38. The molecular formula is C17H25N2O2+. The van der Waals surface area contributed by atoms with Crippen molar-refractivity contribution in [1.82, 2.24) is 4.57 Å². The van der Waals surface area contributed by atoms with E-state index in [2.05, 4.69) is 47.5 Å². The van der Waals surface area contributed by atoms with Gasteiger partial charge in [0, 0.05) is 18.1 Å². The number of benzene rings is 1. The van der Waals surface area contributed by atoms with E-state index in [4.69, 9.17) is 9.47 Å². The van der Waals surface area contributed by atoms with Gasteiger partial charge in [0.15, 0.2) is 0 Å². The van der Waals surface area contributed by atoms with Crippen LogP contribution in [0, 0.1) is 0 Å². The zero-order chi connectivity index (χ0) is 15.2. The summed E-state index contributed by atoms with van der Waals surface area (Å²) in [5, 5.41) is 0. The summed E-state index contributed by atoms with van der Waals surface area (Å²) in [6.07, 6.45) is 6.49. The molecule has 2 aromatic rings. The van der Waals surface area contributed by atoms with Gasteiger partial charge in [-0.05, 0) is 18.6 Å². The number of nitrogens with zero attached hydrogens (tertiary/aromatic N) is 2. The Morgan fingerprint density at radius 3 is 2.24 bits per heavy atom. The molecule has 0 unspecified atom stereocenters. The molecule has 2 rings (SSSR count). The van der Waals surface area contributed by atoms with Crippen LogP contribution in [0.25, 0.3) is 0 Å². The second-order valence-corrected chi connectivity index (χ2v) is 5.11. The lowest BCUT2D eigenvalue weighted by Gasteiger charge is -2.08. The highest BCUT2D eigenvalue weighted by Crippen LogP contribution is 2.22. The Bertz CT molecular complexity index is 568.